The number of nitrogens with zero attached hydrogens (tertiary/aromatic N) is 3. The molecule has 2 aromatic heterocycles. The molecule has 0 atom stereocenters. The third-order valence-corrected chi connectivity index (χ3v) is 5.82. The maximum Gasteiger partial charge on any atom is 0.276 e. The van der Waals surface area contributed by atoms with Crippen molar-refractivity contribution in [3.8, 4) is 11.5 Å². The number of carbonyl (C=O) groups is 1. The molecule has 138 valence electrons. The molecule has 26 heavy (non-hydrogen) atoms. The molecule has 1 amide bonds. The molecular formula is C21H27N3O2. The Bertz CT molecular complexity index is 698. The van der Waals surface area contributed by atoms with Crippen LogP contribution in [0.15, 0.2) is 35.0 Å². The normalized spacial score (nSPS) is 19.4. The number of hydrogen-bond donors (Lipinski definition) is 0. The molecule has 2 fully saturated rings. The Kier molecular flexibility index (Phi) is 5.32. The average molecular weight is 353 g/mol. The fourth-order valence-electron chi connectivity index (χ4n) is 4.49. The zero-order chi connectivity index (χ0) is 17.8. The van der Waals surface area contributed by atoms with Gasteiger partial charge in [0.05, 0.1) is 0 Å². The lowest BCUT2D eigenvalue weighted by molar-refractivity contribution is 0.0438. The Hall–Kier alpha value is -2.17. The van der Waals surface area contributed by atoms with Gasteiger partial charge in [-0.2, -0.15) is 0 Å². The van der Waals surface area contributed by atoms with Crippen LogP contribution in [0.3, 0.4) is 0 Å². The summed E-state index contributed by atoms with van der Waals surface area (Å²) < 4.78 is 5.44. The maximum absolute atomic E-state index is 13.4. The molecule has 2 aliphatic carbocycles. The van der Waals surface area contributed by atoms with Gasteiger partial charge in [0.1, 0.15) is 5.69 Å². The third kappa shape index (κ3) is 3.67. The first-order valence-electron chi connectivity index (χ1n) is 10.0. The van der Waals surface area contributed by atoms with Gasteiger partial charge in [0.15, 0.2) is 11.5 Å². The van der Waals surface area contributed by atoms with Gasteiger partial charge in [-0.1, -0.05) is 49.7 Å². The second-order valence-corrected chi connectivity index (χ2v) is 7.59. The van der Waals surface area contributed by atoms with E-state index in [9.17, 15) is 4.79 Å². The maximum atomic E-state index is 13.4. The zero-order valence-electron chi connectivity index (χ0n) is 15.3. The molecule has 0 N–H and O–H groups in total. The van der Waals surface area contributed by atoms with Gasteiger partial charge in [0.25, 0.3) is 5.91 Å². The molecule has 2 heterocycles. The van der Waals surface area contributed by atoms with Gasteiger partial charge in [0.2, 0.25) is 0 Å². The van der Waals surface area contributed by atoms with Crippen LogP contribution in [0.5, 0.6) is 0 Å². The van der Waals surface area contributed by atoms with Crippen molar-refractivity contribution >= 4 is 5.91 Å². The fourth-order valence-corrected chi connectivity index (χ4v) is 4.49. The largest absolute Gasteiger partial charge is 0.354 e. The lowest BCUT2D eigenvalue weighted by Gasteiger charge is -2.41. The van der Waals surface area contributed by atoms with Crippen LogP contribution in [-0.4, -0.2) is 33.0 Å². The number of aromatic nitrogens is 2. The Morgan fingerprint density at radius 2 is 1.62 bits per heavy atom. The predicted octanol–water partition coefficient (Wildman–Crippen LogP) is 4.84. The van der Waals surface area contributed by atoms with E-state index in [-0.39, 0.29) is 5.91 Å². The van der Waals surface area contributed by atoms with Crippen molar-refractivity contribution in [2.75, 3.05) is 0 Å². The number of hydrogen-bond acceptors (Lipinski definition) is 4. The first-order chi connectivity index (χ1) is 12.8. The summed E-state index contributed by atoms with van der Waals surface area (Å²) in [5.41, 5.74) is 1.13. The summed E-state index contributed by atoms with van der Waals surface area (Å²) in [6, 6.07) is 8.10. The molecule has 4 rings (SSSR count). The number of pyridine rings is 1. The van der Waals surface area contributed by atoms with Crippen molar-refractivity contribution in [1.29, 1.82) is 0 Å². The second kappa shape index (κ2) is 8.02. The minimum Gasteiger partial charge on any atom is -0.354 e. The summed E-state index contributed by atoms with van der Waals surface area (Å²) in [5.74, 6) is 0.593. The molecule has 5 nitrogen and oxygen atoms in total. The minimum absolute atomic E-state index is 0.0368. The van der Waals surface area contributed by atoms with Gasteiger partial charge >= 0.3 is 0 Å². The van der Waals surface area contributed by atoms with Crippen LogP contribution in [0.2, 0.25) is 0 Å². The predicted molar refractivity (Wildman–Crippen MR) is 99.6 cm³/mol. The van der Waals surface area contributed by atoms with Crippen LogP contribution in [-0.2, 0) is 0 Å². The highest BCUT2D eigenvalue weighted by Gasteiger charge is 2.34. The van der Waals surface area contributed by atoms with Gasteiger partial charge in [-0.3, -0.25) is 9.78 Å². The van der Waals surface area contributed by atoms with Crippen molar-refractivity contribution in [3.05, 3.63) is 36.2 Å². The van der Waals surface area contributed by atoms with E-state index in [0.717, 1.165) is 25.7 Å². The van der Waals surface area contributed by atoms with Crippen LogP contribution in [0.4, 0.5) is 0 Å². The monoisotopic (exact) mass is 353 g/mol. The Labute approximate surface area is 154 Å². The number of amides is 1. The SMILES string of the molecule is O=C(c1cc(-c2ccccn2)on1)N(C1CCCCC1)C1CCCCC1. The van der Waals surface area contributed by atoms with Gasteiger partial charge in [-0.25, -0.2) is 0 Å². The van der Waals surface area contributed by atoms with Gasteiger partial charge < -0.3 is 9.42 Å². The summed E-state index contributed by atoms with van der Waals surface area (Å²) in [6.07, 6.45) is 13.7. The second-order valence-electron chi connectivity index (χ2n) is 7.59. The molecule has 5 heteroatoms. The summed E-state index contributed by atoms with van der Waals surface area (Å²) in [7, 11) is 0. The van der Waals surface area contributed by atoms with E-state index in [0.29, 0.717) is 29.2 Å². The first-order valence-corrected chi connectivity index (χ1v) is 10.0. The highest BCUT2D eigenvalue weighted by Crippen LogP contribution is 2.31. The van der Waals surface area contributed by atoms with Crippen LogP contribution < -0.4 is 0 Å². The molecule has 2 aromatic rings. The molecular weight excluding hydrogens is 326 g/mol. The van der Waals surface area contributed by atoms with Crippen molar-refractivity contribution in [1.82, 2.24) is 15.0 Å². The Balaban J connectivity index is 1.58. The van der Waals surface area contributed by atoms with E-state index in [4.69, 9.17) is 4.52 Å². The number of rotatable bonds is 4. The summed E-state index contributed by atoms with van der Waals surface area (Å²) in [5, 5.41) is 4.10. The number of carbonyl (C=O) groups excluding carboxylic acids is 1. The van der Waals surface area contributed by atoms with Crippen molar-refractivity contribution in [3.63, 3.8) is 0 Å². The van der Waals surface area contributed by atoms with Gasteiger partial charge in [-0.05, 0) is 37.8 Å². The lowest BCUT2D eigenvalue weighted by Crippen LogP contribution is -2.48. The summed E-state index contributed by atoms with van der Waals surface area (Å²) in [6.45, 7) is 0. The average Bonchev–Trinajstić information content (AvgIpc) is 3.21. The van der Waals surface area contributed by atoms with Crippen LogP contribution in [0.25, 0.3) is 11.5 Å². The zero-order valence-corrected chi connectivity index (χ0v) is 15.3. The molecule has 0 radical (unpaired) electrons. The highest BCUT2D eigenvalue weighted by atomic mass is 16.5. The van der Waals surface area contributed by atoms with E-state index >= 15 is 0 Å². The van der Waals surface area contributed by atoms with Gasteiger partial charge in [0, 0.05) is 24.3 Å². The molecule has 0 saturated heterocycles. The van der Waals surface area contributed by atoms with Gasteiger partial charge in [-0.15, -0.1) is 0 Å². The van der Waals surface area contributed by atoms with E-state index in [2.05, 4.69) is 15.0 Å². The molecule has 2 aliphatic rings. The fraction of sp³-hybridized carbons (Fsp3) is 0.571. The lowest BCUT2D eigenvalue weighted by atomic mass is 9.88. The van der Waals surface area contributed by atoms with Crippen molar-refractivity contribution in [2.45, 2.75) is 76.3 Å². The molecule has 0 unspecified atom stereocenters. The van der Waals surface area contributed by atoms with E-state index in [1.54, 1.807) is 12.3 Å². The van der Waals surface area contributed by atoms with E-state index in [1.165, 1.54) is 38.5 Å². The van der Waals surface area contributed by atoms with E-state index < -0.39 is 0 Å². The third-order valence-electron chi connectivity index (χ3n) is 5.82. The quantitative estimate of drug-likeness (QED) is 0.789. The minimum atomic E-state index is 0.0368. The molecule has 0 aliphatic heterocycles. The molecule has 0 aromatic carbocycles. The standard InChI is InChI=1S/C21H27N3O2/c25-21(19-15-20(26-23-19)18-13-7-8-14-22-18)24(16-9-3-1-4-10-16)17-11-5-2-6-12-17/h7-8,13-17H,1-6,9-12H2. The van der Waals surface area contributed by atoms with Crippen LogP contribution >= 0.6 is 0 Å². The summed E-state index contributed by atoms with van der Waals surface area (Å²) >= 11 is 0. The van der Waals surface area contributed by atoms with Crippen molar-refractivity contribution in [2.24, 2.45) is 0 Å². The van der Waals surface area contributed by atoms with Crippen LogP contribution in [0, 0.1) is 0 Å². The smallest absolute Gasteiger partial charge is 0.276 e. The van der Waals surface area contributed by atoms with E-state index in [1.807, 2.05) is 18.2 Å². The molecule has 0 spiro atoms. The first kappa shape index (κ1) is 17.3. The topological polar surface area (TPSA) is 59.2 Å². The molecule has 0 bridgehead atoms. The van der Waals surface area contributed by atoms with Crippen LogP contribution in [0.1, 0.15) is 74.7 Å². The van der Waals surface area contributed by atoms with Crippen molar-refractivity contribution < 1.29 is 9.32 Å². The Morgan fingerprint density at radius 3 is 2.19 bits per heavy atom. The molecule has 2 saturated carbocycles. The Morgan fingerprint density at radius 1 is 0.962 bits per heavy atom. The highest BCUT2D eigenvalue weighted by molar-refractivity contribution is 5.93. The summed E-state index contributed by atoms with van der Waals surface area (Å²) in [4.78, 5) is 19.8.